The van der Waals surface area contributed by atoms with Gasteiger partial charge < -0.3 is 61.4 Å². The van der Waals surface area contributed by atoms with Crippen LogP contribution in [0.2, 0.25) is 0 Å². The molecule has 0 aromatic heterocycles. The normalized spacial score (nSPS) is 14.7. The van der Waals surface area contributed by atoms with E-state index in [1.807, 2.05) is 152 Å². The van der Waals surface area contributed by atoms with Crippen LogP contribution in [0.4, 0.5) is 51.8 Å². The molecule has 0 spiro atoms. The molecule has 4 fully saturated rings. The van der Waals surface area contributed by atoms with Crippen LogP contribution >= 0.6 is 215 Å². The van der Waals surface area contributed by atoms with Gasteiger partial charge in [0.1, 0.15) is 12.8 Å². The van der Waals surface area contributed by atoms with Gasteiger partial charge in [0.15, 0.2) is 68.4 Å². The summed E-state index contributed by atoms with van der Waals surface area (Å²) in [5.74, 6) is 19.7. The van der Waals surface area contributed by atoms with Gasteiger partial charge in [0, 0.05) is 165 Å². The molecule has 0 aromatic rings. The molecule has 8 N–H and O–H groups in total. The number of amides is 8. The molecule has 8 heterocycles. The topological polar surface area (TPSA) is 233 Å². The molecule has 4 saturated heterocycles. The van der Waals surface area contributed by atoms with Gasteiger partial charge in [-0.3, -0.25) is 90.1 Å². The minimum Gasteiger partial charge on any atom is -1.00 e. The van der Waals surface area contributed by atoms with Gasteiger partial charge in [-0.05, 0) is 35.9 Å². The molecular weight excluding hydrogens is 2020 g/mol. The molecule has 0 bridgehead atoms. The Balaban J connectivity index is -0.000000186. The first-order valence-corrected chi connectivity index (χ1v) is 55.6. The Labute approximate surface area is 759 Å². The second-order valence-electron chi connectivity index (χ2n) is 19.5. The maximum atomic E-state index is 11.1. The molecule has 8 aliphatic rings. The number of nitrogens with one attached hydrogen (secondary N) is 8. The van der Waals surface area contributed by atoms with Crippen molar-refractivity contribution in [3.63, 3.8) is 0 Å². The lowest BCUT2D eigenvalue weighted by Crippen LogP contribution is -3.00. The fourth-order valence-electron chi connectivity index (χ4n) is 6.78. The minimum atomic E-state index is -3.67. The zero-order chi connectivity index (χ0) is 84.8. The van der Waals surface area contributed by atoms with Crippen LogP contribution in [0.15, 0.2) is 41.3 Å². The molecule has 672 valence electrons. The van der Waals surface area contributed by atoms with Crippen LogP contribution in [0.5, 0.6) is 0 Å². The third-order valence-electron chi connectivity index (χ3n) is 11.0. The predicted molar refractivity (Wildman–Crippen MR) is 524 cm³/mol. The summed E-state index contributed by atoms with van der Waals surface area (Å²) in [4.78, 5) is 88.5. The third-order valence-corrected chi connectivity index (χ3v) is 33.9. The van der Waals surface area contributed by atoms with Crippen LogP contribution in [0.25, 0.3) is 0 Å². The lowest BCUT2D eigenvalue weighted by molar-refractivity contribution is -0.121. The molecule has 0 radical (unpaired) electrons. The second-order valence-corrected chi connectivity index (χ2v) is 43.5. The highest BCUT2D eigenvalue weighted by Gasteiger charge is 2.24. The standard InChI is InChI=1S/2C8H14NOPS2.4C7H12NOPS2.2C6H10NOPS2.4BF3.4FH/c2*10-7(9-6-11)2-3-8-12-4-1-5-13-8;2*9-6(8-5-10)1-2-7-11-3-4-12-7;2*9-6(8-5-10)4-7-11-2-1-3-12-7;2*8-5(7-4-9)3-6-10-1-2-11-6;4*2-1(3)4;;;;/h1-6,11H2;3H,1-2,4-6,11H2,(H,9,10);1-5,10H2;2H,1,3-5,10H2,(H,8,9);1-5,10H2;4H,1-3,5,10H2,(H,8,9);1-4,9H2;3H,1-2,4,9H2,(H,7,8);;;;;4*1H. The maximum absolute atomic E-state index is 11.1. The summed E-state index contributed by atoms with van der Waals surface area (Å²) < 4.78 is 126. The SMILES string of the molecule is FB(F)F.FB(F)F.FB(F)F.FB(F)F.O=C(C=C1SCCCS1)NCP.O=C(C=C1SCCS1)NCP.O=C(CC1=[S+]CCCS1)NCP.O=C(CC1=[S+]CCS1)NCP.O=C(CC=C1SCCCS1)NCP.O=C(CC=C1SCCS1)NCP.O=C(CCC1=[S+]CCCS1)NCP.O=C(CCC1=[S+]CCS1)NCP.[F-].[F-].[F-].[F-]. The van der Waals surface area contributed by atoms with E-state index in [4.69, 9.17) is 0 Å². The fourth-order valence-corrected chi connectivity index (χ4v) is 27.8. The molecule has 8 amide bonds. The number of halogens is 16. The van der Waals surface area contributed by atoms with Crippen LogP contribution < -0.4 is 61.4 Å². The number of thioether (sulfide) groups is 12. The molecule has 16 nitrogen and oxygen atoms in total. The lowest BCUT2D eigenvalue weighted by Gasteiger charge is -2.11. The van der Waals surface area contributed by atoms with Gasteiger partial charge in [-0.1, -0.05) is 59.2 Å². The van der Waals surface area contributed by atoms with Crippen molar-refractivity contribution in [1.29, 1.82) is 0 Å². The van der Waals surface area contributed by atoms with Crippen LogP contribution in [0, 0.1) is 0 Å². The Morgan fingerprint density at radius 1 is 0.293 bits per heavy atom. The van der Waals surface area contributed by atoms with E-state index in [1.165, 1.54) is 108 Å². The summed E-state index contributed by atoms with van der Waals surface area (Å²) in [5.41, 5.74) is 0. The Bertz CT molecular complexity index is 2800. The van der Waals surface area contributed by atoms with E-state index < -0.39 is 30.2 Å². The van der Waals surface area contributed by atoms with Gasteiger partial charge in [-0.2, -0.15) is 0 Å². The number of carbonyl (C=O) groups is 8. The van der Waals surface area contributed by atoms with Crippen molar-refractivity contribution in [3.8, 4) is 0 Å². The summed E-state index contributed by atoms with van der Waals surface area (Å²) in [6.45, 7) is 0. The first-order chi connectivity index (χ1) is 53.5. The highest BCUT2D eigenvalue weighted by Crippen LogP contribution is 2.38. The van der Waals surface area contributed by atoms with Gasteiger partial charge in [0.25, 0.3) is 0 Å². The summed E-state index contributed by atoms with van der Waals surface area (Å²) in [6.07, 6.45) is 23.0. The summed E-state index contributed by atoms with van der Waals surface area (Å²) in [5, 5.41) is 21.9. The van der Waals surface area contributed by atoms with Crippen LogP contribution in [-0.4, -0.2) is 237 Å². The first-order valence-electron chi connectivity index (χ1n) is 33.3. The number of hydrogen-bond acceptors (Lipinski definition) is 20. The van der Waals surface area contributed by atoms with Crippen LogP contribution in [-0.2, 0) is 83.8 Å². The van der Waals surface area contributed by atoms with Gasteiger partial charge in [0.2, 0.25) is 64.0 Å². The van der Waals surface area contributed by atoms with Crippen molar-refractivity contribution in [2.45, 2.75) is 77.0 Å². The summed E-state index contributed by atoms with van der Waals surface area (Å²) in [6, 6.07) is 0. The van der Waals surface area contributed by atoms with E-state index in [1.54, 1.807) is 59.2 Å². The van der Waals surface area contributed by atoms with Crippen LogP contribution in [0.1, 0.15) is 77.0 Å². The monoisotopic (exact) mass is 2120 g/mol. The zero-order valence-electron chi connectivity index (χ0n) is 62.5. The molecule has 0 aliphatic carbocycles. The fraction of sp³-hybridized carbons (Fsp3) is 0.643. The molecule has 8 atom stereocenters. The van der Waals surface area contributed by atoms with E-state index in [9.17, 15) is 90.1 Å². The second kappa shape index (κ2) is 99.0. The van der Waals surface area contributed by atoms with E-state index >= 15 is 0 Å². The van der Waals surface area contributed by atoms with Crippen molar-refractivity contribution in [3.05, 3.63) is 41.3 Å². The van der Waals surface area contributed by atoms with Gasteiger partial charge >= 0.3 is 30.2 Å². The molecular formula is C56H100B4F16N8O8P8S16. The third kappa shape index (κ3) is 103. The van der Waals surface area contributed by atoms with Crippen molar-refractivity contribution in [2.75, 3.05) is 142 Å². The van der Waals surface area contributed by atoms with Crippen molar-refractivity contribution < 1.29 is 109 Å². The van der Waals surface area contributed by atoms with Crippen LogP contribution in [0.3, 0.4) is 0 Å². The van der Waals surface area contributed by atoms with E-state index in [2.05, 4.69) is 116 Å². The van der Waals surface area contributed by atoms with Crippen molar-refractivity contribution in [2.24, 2.45) is 0 Å². The van der Waals surface area contributed by atoms with Gasteiger partial charge in [-0.25, -0.2) is 0 Å². The van der Waals surface area contributed by atoms with E-state index in [0.29, 0.717) is 88.8 Å². The summed E-state index contributed by atoms with van der Waals surface area (Å²) in [7, 11) is 5.15. The zero-order valence-corrected chi connectivity index (χ0v) is 84.8. The Morgan fingerprint density at radius 2 is 0.526 bits per heavy atom. The average molecular weight is 2120 g/mol. The van der Waals surface area contributed by atoms with Gasteiger partial charge in [0.05, 0.1) is 11.5 Å². The maximum Gasteiger partial charge on any atom is 0.762 e. The van der Waals surface area contributed by atoms with E-state index in [0.717, 1.165) is 55.8 Å². The molecule has 8 aliphatic heterocycles. The predicted octanol–water partition coefficient (Wildman–Crippen LogP) is 0.821. The Hall–Kier alpha value is 1.86. The Morgan fingerprint density at radius 3 is 0.802 bits per heavy atom. The molecule has 60 heteroatoms. The lowest BCUT2D eigenvalue weighted by atomic mass is 10.3. The summed E-state index contributed by atoms with van der Waals surface area (Å²) >= 11 is 29.4. The number of carbonyl (C=O) groups excluding carboxylic acids is 8. The first kappa shape index (κ1) is 133. The van der Waals surface area contributed by atoms with Crippen molar-refractivity contribution >= 4 is 355 Å². The highest BCUT2D eigenvalue weighted by atomic mass is 32.2. The van der Waals surface area contributed by atoms with Crippen molar-refractivity contribution in [1.82, 2.24) is 42.5 Å². The van der Waals surface area contributed by atoms with Gasteiger partial charge in [-0.15, -0.1) is 168 Å². The minimum absolute atomic E-state index is 0. The molecule has 0 saturated carbocycles. The quantitative estimate of drug-likeness (QED) is 0.0167. The smallest absolute Gasteiger partial charge is 0.762 e. The number of hydrogen-bond donors (Lipinski definition) is 8. The van der Waals surface area contributed by atoms with E-state index in [-0.39, 0.29) is 66.1 Å². The highest BCUT2D eigenvalue weighted by molar-refractivity contribution is 8.27. The largest absolute Gasteiger partial charge is 1.00 e. The molecule has 8 rings (SSSR count). The molecule has 8 unspecified atom stereocenters. The Kier molecular flexibility index (Phi) is 114. The molecule has 0 aromatic carbocycles. The average Bonchev–Trinajstić information content (AvgIpc) is 1.94. The molecule has 116 heavy (non-hydrogen) atoms. The number of rotatable bonds is 24.